The molecule has 0 aliphatic heterocycles. The second-order valence-electron chi connectivity index (χ2n) is 1.62. The van der Waals surface area contributed by atoms with Crippen molar-refractivity contribution < 1.29 is 0 Å². The van der Waals surface area contributed by atoms with Crippen LogP contribution in [0.15, 0.2) is 17.2 Å². The maximum Gasteiger partial charge on any atom is 0.105 e. The minimum atomic E-state index is 0.641. The molecule has 1 radical (unpaired) electrons. The zero-order valence-electron chi connectivity index (χ0n) is 5.46. The average molecular weight is 149 g/mol. The third kappa shape index (κ3) is 1.28. The molecule has 0 bridgehead atoms. The zero-order valence-corrected chi connectivity index (χ0v) is 6.27. The summed E-state index contributed by atoms with van der Waals surface area (Å²) in [6, 6.07) is 3.74. The van der Waals surface area contributed by atoms with E-state index in [0.717, 1.165) is 4.90 Å². The fourth-order valence-electron chi connectivity index (χ4n) is 0.587. The van der Waals surface area contributed by atoms with Crippen LogP contribution in [0.3, 0.4) is 0 Å². The van der Waals surface area contributed by atoms with Crippen molar-refractivity contribution in [3.63, 3.8) is 0 Å². The smallest absolute Gasteiger partial charge is 0.105 e. The van der Waals surface area contributed by atoms with Crippen LogP contribution >= 0.6 is 11.8 Å². The molecule has 0 spiro atoms. The first-order valence-electron chi connectivity index (χ1n) is 2.69. The lowest BCUT2D eigenvalue weighted by Crippen LogP contribution is -1.81. The monoisotopic (exact) mass is 149 g/mol. The quantitative estimate of drug-likeness (QED) is 0.567. The Hall–Kier alpha value is -1.01. The molecule has 3 heteroatoms. The lowest BCUT2D eigenvalue weighted by molar-refractivity contribution is 1.20. The first kappa shape index (κ1) is 7.10. The number of hydrogen-bond donors (Lipinski definition) is 0. The normalized spacial score (nSPS) is 8.80. The Balaban J connectivity index is 3.12. The van der Waals surface area contributed by atoms with Gasteiger partial charge >= 0.3 is 0 Å². The highest BCUT2D eigenvalue weighted by Gasteiger charge is 1.97. The van der Waals surface area contributed by atoms with Crippen LogP contribution in [0.2, 0.25) is 0 Å². The number of pyridine rings is 1. The summed E-state index contributed by atoms with van der Waals surface area (Å²) in [5.41, 5.74) is 0.641. The number of aromatic nitrogens is 1. The van der Waals surface area contributed by atoms with Gasteiger partial charge in [0.2, 0.25) is 0 Å². The summed E-state index contributed by atoms with van der Waals surface area (Å²) in [6.07, 6.45) is 6.19. The minimum Gasteiger partial charge on any atom is -0.253 e. The van der Waals surface area contributed by atoms with Crippen LogP contribution in [0.5, 0.6) is 0 Å². The summed E-state index contributed by atoms with van der Waals surface area (Å²) in [6.45, 7) is 0. The van der Waals surface area contributed by atoms with E-state index >= 15 is 0 Å². The van der Waals surface area contributed by atoms with Gasteiger partial charge < -0.3 is 0 Å². The molecule has 0 fully saturated rings. The molecule has 0 aliphatic carbocycles. The van der Waals surface area contributed by atoms with Gasteiger partial charge in [-0.05, 0) is 12.3 Å². The molecule has 0 saturated carbocycles. The van der Waals surface area contributed by atoms with Gasteiger partial charge in [-0.15, -0.1) is 11.8 Å². The second kappa shape index (κ2) is 3.23. The van der Waals surface area contributed by atoms with Crippen molar-refractivity contribution in [2.75, 3.05) is 6.26 Å². The molecule has 1 heterocycles. The summed E-state index contributed by atoms with van der Waals surface area (Å²) in [7, 11) is 0. The van der Waals surface area contributed by atoms with Crippen molar-refractivity contribution in [3.8, 4) is 6.07 Å². The summed E-state index contributed by atoms with van der Waals surface area (Å²) < 4.78 is 0. The van der Waals surface area contributed by atoms with Crippen molar-refractivity contribution in [2.45, 2.75) is 4.90 Å². The largest absolute Gasteiger partial charge is 0.253 e. The van der Waals surface area contributed by atoms with Crippen LogP contribution < -0.4 is 0 Å². The minimum absolute atomic E-state index is 0.641. The van der Waals surface area contributed by atoms with Crippen LogP contribution in [0.25, 0.3) is 0 Å². The Bertz CT molecular complexity index is 265. The van der Waals surface area contributed by atoms with Crippen LogP contribution in [-0.2, 0) is 0 Å². The maximum absolute atomic E-state index is 8.54. The van der Waals surface area contributed by atoms with Gasteiger partial charge in [-0.1, -0.05) is 0 Å². The summed E-state index contributed by atoms with van der Waals surface area (Å²) in [5.74, 6) is 0. The second-order valence-corrected chi connectivity index (χ2v) is 2.43. The van der Waals surface area contributed by atoms with Gasteiger partial charge in [0.25, 0.3) is 0 Å². The molecule has 0 unspecified atom stereocenters. The van der Waals surface area contributed by atoms with E-state index in [1.807, 2.05) is 6.26 Å². The fraction of sp³-hybridized carbons (Fsp3) is 0.143. The number of thioether (sulfide) groups is 1. The Labute approximate surface area is 63.9 Å². The Morgan fingerprint density at radius 1 is 1.80 bits per heavy atom. The van der Waals surface area contributed by atoms with Gasteiger partial charge in [0.15, 0.2) is 0 Å². The van der Waals surface area contributed by atoms with E-state index in [-0.39, 0.29) is 0 Å². The molecule has 0 amide bonds. The van der Waals surface area contributed by atoms with E-state index in [9.17, 15) is 0 Å². The summed E-state index contributed by atoms with van der Waals surface area (Å²) >= 11 is 1.48. The van der Waals surface area contributed by atoms with Crippen LogP contribution in [0, 0.1) is 17.5 Å². The molecule has 0 atom stereocenters. The van der Waals surface area contributed by atoms with Crippen molar-refractivity contribution in [1.29, 1.82) is 5.26 Å². The summed E-state index contributed by atoms with van der Waals surface area (Å²) in [5, 5.41) is 8.54. The molecule has 1 aromatic rings. The van der Waals surface area contributed by atoms with Crippen LogP contribution in [0.1, 0.15) is 5.56 Å². The predicted octanol–water partition coefficient (Wildman–Crippen LogP) is 1.48. The molecule has 0 aromatic carbocycles. The third-order valence-electron chi connectivity index (χ3n) is 1.05. The number of nitrogens with zero attached hydrogens (tertiary/aromatic N) is 2. The highest BCUT2D eigenvalue weighted by Crippen LogP contribution is 2.16. The van der Waals surface area contributed by atoms with Gasteiger partial charge in [0.05, 0.1) is 10.5 Å². The fourth-order valence-corrected chi connectivity index (χ4v) is 1.06. The molecule has 1 aromatic heterocycles. The number of rotatable bonds is 1. The lowest BCUT2D eigenvalue weighted by Gasteiger charge is -1.93. The van der Waals surface area contributed by atoms with Gasteiger partial charge in [0.1, 0.15) is 12.3 Å². The van der Waals surface area contributed by atoms with Crippen LogP contribution in [0.4, 0.5) is 0 Å². The van der Waals surface area contributed by atoms with E-state index < -0.39 is 0 Å². The van der Waals surface area contributed by atoms with Crippen molar-refractivity contribution in [3.05, 3.63) is 24.0 Å². The third-order valence-corrected chi connectivity index (χ3v) is 1.77. The molecule has 2 nitrogen and oxygen atoms in total. The molecular weight excluding hydrogens is 144 g/mol. The van der Waals surface area contributed by atoms with E-state index in [1.165, 1.54) is 11.8 Å². The zero-order chi connectivity index (χ0) is 7.40. The molecule has 0 aliphatic rings. The van der Waals surface area contributed by atoms with Gasteiger partial charge in [-0.25, -0.2) is 0 Å². The molecule has 0 saturated heterocycles. The first-order valence-corrected chi connectivity index (χ1v) is 3.91. The lowest BCUT2D eigenvalue weighted by atomic mass is 10.3. The Morgan fingerprint density at radius 2 is 2.60 bits per heavy atom. The average Bonchev–Trinajstić information content (AvgIpc) is 2.04. The summed E-state index contributed by atoms with van der Waals surface area (Å²) in [4.78, 5) is 4.58. The molecule has 1 rings (SSSR count). The van der Waals surface area contributed by atoms with E-state index in [2.05, 4.69) is 17.3 Å². The molecule has 0 N–H and O–H groups in total. The Kier molecular flexibility index (Phi) is 2.30. The number of hydrogen-bond acceptors (Lipinski definition) is 3. The van der Waals surface area contributed by atoms with Crippen molar-refractivity contribution >= 4 is 11.8 Å². The maximum atomic E-state index is 8.54. The van der Waals surface area contributed by atoms with Crippen molar-refractivity contribution in [1.82, 2.24) is 4.98 Å². The predicted molar refractivity (Wildman–Crippen MR) is 39.6 cm³/mol. The number of nitriles is 1. The first-order chi connectivity index (χ1) is 4.88. The topological polar surface area (TPSA) is 36.7 Å². The van der Waals surface area contributed by atoms with Crippen LogP contribution in [-0.4, -0.2) is 11.2 Å². The van der Waals surface area contributed by atoms with E-state index in [0.29, 0.717) is 5.56 Å². The SMILES string of the molecule is CSc1[c]nccc1C#N. The van der Waals surface area contributed by atoms with Gasteiger partial charge in [-0.3, -0.25) is 4.98 Å². The van der Waals surface area contributed by atoms with Crippen molar-refractivity contribution in [2.24, 2.45) is 0 Å². The standard InChI is InChI=1S/C7H5N2S/c1-10-7-5-9-3-2-6(7)4-8/h2-3H,1H3. The van der Waals surface area contributed by atoms with Gasteiger partial charge in [-0.2, -0.15) is 5.26 Å². The Morgan fingerprint density at radius 3 is 3.10 bits per heavy atom. The highest BCUT2D eigenvalue weighted by molar-refractivity contribution is 7.98. The molecule has 49 valence electrons. The highest BCUT2D eigenvalue weighted by atomic mass is 32.2. The van der Waals surface area contributed by atoms with E-state index in [4.69, 9.17) is 5.26 Å². The molecular formula is C7H5N2S. The van der Waals surface area contributed by atoms with Gasteiger partial charge in [0, 0.05) is 6.20 Å². The molecule has 10 heavy (non-hydrogen) atoms. The van der Waals surface area contributed by atoms with E-state index in [1.54, 1.807) is 12.3 Å².